The number of rotatable bonds is 2. The molecule has 1 aliphatic heterocycles. The molecule has 0 bridgehead atoms. The molecule has 1 rings (SSSR count). The average molecular weight is 395 g/mol. The van der Waals surface area contributed by atoms with E-state index in [0.717, 1.165) is 0 Å². The number of amides is 1. The molecule has 0 aromatic rings. The van der Waals surface area contributed by atoms with Gasteiger partial charge in [-0.05, 0) is 0 Å². The van der Waals surface area contributed by atoms with Gasteiger partial charge < -0.3 is 39.6 Å². The van der Waals surface area contributed by atoms with Crippen molar-refractivity contribution in [2.45, 2.75) is 37.6 Å². The van der Waals surface area contributed by atoms with Crippen molar-refractivity contribution < 1.29 is 150 Å². The molecular weight excluding hydrogens is 380 g/mol. The second-order valence-corrected chi connectivity index (χ2v) is 4.68. The van der Waals surface area contributed by atoms with E-state index in [1.165, 1.54) is 6.92 Å². The molecule has 1 aliphatic rings. The summed E-state index contributed by atoms with van der Waals surface area (Å²) in [6, 6.07) is -1.10. The zero-order valence-corrected chi connectivity index (χ0v) is 19.3. The van der Waals surface area contributed by atoms with Crippen LogP contribution < -0.4 is 108 Å². The molecule has 0 aliphatic carbocycles. The van der Waals surface area contributed by atoms with Gasteiger partial charge in [0, 0.05) is 17.3 Å². The molecule has 0 spiro atoms. The monoisotopic (exact) mass is 395 g/mol. The van der Waals surface area contributed by atoms with Gasteiger partial charge in [0.15, 0.2) is 6.29 Å². The first-order valence-electron chi connectivity index (χ1n) is 5.21. The van der Waals surface area contributed by atoms with Crippen LogP contribution in [0.3, 0.4) is 0 Å². The van der Waals surface area contributed by atoms with Crippen molar-refractivity contribution in [3.8, 4) is 0 Å². The molecule has 11 nitrogen and oxygen atoms in total. The van der Waals surface area contributed by atoms with Crippen molar-refractivity contribution in [2.24, 2.45) is 0 Å². The average Bonchev–Trinajstić information content (AvgIpc) is 2.27. The van der Waals surface area contributed by atoms with Crippen LogP contribution in [0.2, 0.25) is 0 Å². The Morgan fingerprint density at radius 2 is 1.59 bits per heavy atom. The summed E-state index contributed by atoms with van der Waals surface area (Å²) in [6.45, 7) is 0.687. The summed E-state index contributed by atoms with van der Waals surface area (Å²) in [6.07, 6.45) is -5.24. The summed E-state index contributed by atoms with van der Waals surface area (Å²) in [5, 5.41) is 39.4. The van der Waals surface area contributed by atoms with Gasteiger partial charge in [0.05, 0.1) is 6.61 Å². The van der Waals surface area contributed by atoms with Crippen LogP contribution in [0.4, 0.5) is 0 Å². The van der Waals surface area contributed by atoms with Gasteiger partial charge in [0.1, 0.15) is 24.4 Å². The molecule has 5 N–H and O–H groups in total. The maximum atomic E-state index is 10.7. The molecule has 22 heavy (non-hydrogen) atoms. The number of ether oxygens (including phenoxy) is 1. The van der Waals surface area contributed by atoms with E-state index in [4.69, 9.17) is 27.4 Å². The smallest absolute Gasteiger partial charge is 0.759 e. The Kier molecular flexibility index (Phi) is 18.0. The zero-order chi connectivity index (χ0) is 16.1. The van der Waals surface area contributed by atoms with E-state index < -0.39 is 53.6 Å². The van der Waals surface area contributed by atoms with Crippen molar-refractivity contribution in [1.29, 1.82) is 0 Å². The Bertz CT molecular complexity index is 413. The number of hydrogen-bond acceptors (Lipinski definition) is 10. The van der Waals surface area contributed by atoms with Crippen LogP contribution in [-0.4, -0.2) is 81.1 Å². The van der Waals surface area contributed by atoms with Crippen LogP contribution >= 0.6 is 0 Å². The van der Waals surface area contributed by atoms with E-state index >= 15 is 0 Å². The van der Waals surface area contributed by atoms with E-state index in [1.54, 1.807) is 0 Å². The summed E-state index contributed by atoms with van der Waals surface area (Å²) in [4.78, 5) is 10.7. The summed E-state index contributed by atoms with van der Waals surface area (Å²) in [7, 11) is -5.17. The molecule has 0 aromatic carbocycles. The van der Waals surface area contributed by atoms with Crippen LogP contribution in [0, 0.1) is 0 Å². The Labute approximate surface area is 212 Å². The fraction of sp³-hybridized carbons (Fsp3) is 0.875. The maximum absolute atomic E-state index is 10.7. The zero-order valence-electron chi connectivity index (χ0n) is 12.2. The standard InChI is InChI=1S/C8H15NO6.2K.H2O4S/c1-3(11)9-5-7(13)6(12)4(2-10)15-8(5)14;;;1-5(2,3)4/h4-8,10,12-14H,2H2,1H3,(H,9,11);;;(H2,1,2,3,4)/q;2*+1;/p-2/t4-,5-,6+,7-,8?;;;/m1.../s1. The van der Waals surface area contributed by atoms with Gasteiger partial charge in [0.2, 0.25) is 5.91 Å². The van der Waals surface area contributed by atoms with Gasteiger partial charge in [-0.15, -0.1) is 0 Å². The number of carbonyl (C=O) groups is 1. The van der Waals surface area contributed by atoms with Crippen LogP contribution in [0.5, 0.6) is 0 Å². The fourth-order valence-corrected chi connectivity index (χ4v) is 1.49. The van der Waals surface area contributed by atoms with Crippen molar-refractivity contribution >= 4 is 16.3 Å². The van der Waals surface area contributed by atoms with Gasteiger partial charge in [-0.2, -0.15) is 0 Å². The van der Waals surface area contributed by atoms with E-state index in [-0.39, 0.29) is 103 Å². The van der Waals surface area contributed by atoms with E-state index in [9.17, 15) is 20.1 Å². The van der Waals surface area contributed by atoms with Crippen LogP contribution in [0.25, 0.3) is 0 Å². The third kappa shape index (κ3) is 12.7. The fourth-order valence-electron chi connectivity index (χ4n) is 1.49. The van der Waals surface area contributed by atoms with Crippen molar-refractivity contribution in [3.05, 3.63) is 0 Å². The molecule has 1 fully saturated rings. The van der Waals surface area contributed by atoms with Crippen LogP contribution in [-0.2, 0) is 19.9 Å². The molecule has 0 radical (unpaired) electrons. The first kappa shape index (κ1) is 29.2. The molecule has 5 atom stereocenters. The predicted octanol–water partition coefficient (Wildman–Crippen LogP) is -10.4. The second-order valence-electron chi connectivity index (χ2n) is 3.86. The molecule has 14 heteroatoms. The topological polar surface area (TPSA) is 200 Å². The molecule has 120 valence electrons. The van der Waals surface area contributed by atoms with Crippen LogP contribution in [0.15, 0.2) is 0 Å². The Hall–Kier alpha value is 2.41. The normalized spacial score (nSPS) is 30.8. The van der Waals surface area contributed by atoms with Gasteiger partial charge in [-0.3, -0.25) is 13.2 Å². The Morgan fingerprint density at radius 3 is 1.91 bits per heavy atom. The molecular formula is C8H15K2NO10S. The summed E-state index contributed by atoms with van der Waals surface area (Å²) in [5.74, 6) is -0.462. The van der Waals surface area contributed by atoms with Crippen molar-refractivity contribution in [2.75, 3.05) is 6.61 Å². The number of aliphatic hydroxyl groups excluding tert-OH is 4. The molecule has 0 aromatic heterocycles. The second kappa shape index (κ2) is 13.6. The molecule has 1 heterocycles. The largest absolute Gasteiger partial charge is 1.00 e. The number of carbonyl (C=O) groups excluding carboxylic acids is 1. The number of nitrogens with one attached hydrogen (secondary N) is 1. The van der Waals surface area contributed by atoms with Crippen molar-refractivity contribution in [1.82, 2.24) is 5.32 Å². The summed E-state index contributed by atoms with van der Waals surface area (Å²) in [5.41, 5.74) is 0. The van der Waals surface area contributed by atoms with Crippen molar-refractivity contribution in [3.63, 3.8) is 0 Å². The third-order valence-corrected chi connectivity index (χ3v) is 2.27. The van der Waals surface area contributed by atoms with E-state index in [1.807, 2.05) is 0 Å². The quantitative estimate of drug-likeness (QED) is 0.170. The molecule has 1 unspecified atom stereocenters. The number of hydrogen-bond donors (Lipinski definition) is 5. The summed E-state index contributed by atoms with van der Waals surface area (Å²) >= 11 is 0. The summed E-state index contributed by atoms with van der Waals surface area (Å²) < 4.78 is 38.9. The number of aliphatic hydroxyl groups is 4. The molecule has 0 saturated carbocycles. The minimum Gasteiger partial charge on any atom is -0.759 e. The van der Waals surface area contributed by atoms with Gasteiger partial charge >= 0.3 is 103 Å². The maximum Gasteiger partial charge on any atom is 1.00 e. The van der Waals surface area contributed by atoms with E-state index in [0.29, 0.717) is 0 Å². The Balaban J connectivity index is -0.000000452. The SMILES string of the molecule is CC(=O)N[C@H]1C(O)O[C@H](CO)[C@H](O)[C@@H]1O.O=S(=O)([O-])[O-].[K+].[K+]. The van der Waals surface area contributed by atoms with Crippen LogP contribution in [0.1, 0.15) is 6.92 Å². The minimum absolute atomic E-state index is 0. The molecule has 1 amide bonds. The van der Waals surface area contributed by atoms with E-state index in [2.05, 4.69) is 5.32 Å². The predicted molar refractivity (Wildman–Crippen MR) is 58.1 cm³/mol. The van der Waals surface area contributed by atoms with Gasteiger partial charge in [0.25, 0.3) is 0 Å². The molecule has 1 saturated heterocycles. The minimum atomic E-state index is -5.17. The first-order valence-corrected chi connectivity index (χ1v) is 6.55. The van der Waals surface area contributed by atoms with Gasteiger partial charge in [-0.1, -0.05) is 0 Å². The van der Waals surface area contributed by atoms with Gasteiger partial charge in [-0.25, -0.2) is 0 Å². The Morgan fingerprint density at radius 1 is 1.18 bits per heavy atom. The first-order chi connectivity index (χ1) is 8.97. The third-order valence-electron chi connectivity index (χ3n) is 2.27.